The van der Waals surface area contributed by atoms with Gasteiger partial charge >= 0.3 is 0 Å². The monoisotopic (exact) mass is 583 g/mol. The molecule has 0 bridgehead atoms. The molecule has 0 aromatic heterocycles. The maximum Gasteiger partial charge on any atom is 0.264 e. The van der Waals surface area contributed by atoms with Gasteiger partial charge in [0.25, 0.3) is 10.0 Å². The van der Waals surface area contributed by atoms with Crippen molar-refractivity contribution < 1.29 is 18.0 Å². The number of nitrogens with one attached hydrogen (secondary N) is 1. The van der Waals surface area contributed by atoms with Crippen LogP contribution in [0.4, 0.5) is 5.69 Å². The van der Waals surface area contributed by atoms with Crippen LogP contribution in [0.3, 0.4) is 0 Å². The Bertz CT molecular complexity index is 1400. The van der Waals surface area contributed by atoms with Crippen molar-refractivity contribution in [1.82, 2.24) is 10.2 Å². The molecule has 9 heteroatoms. The number of aryl methyl sites for hydroxylation is 1. The SMILES string of the molecule is CCc1ccccc1N(CC(=O)N(Cc1ccccc1Cl)[C@@H](CC)C(=O)N[C@H](C)CC)S(=O)(=O)c1ccccc1. The summed E-state index contributed by atoms with van der Waals surface area (Å²) in [6, 6.07) is 21.4. The Hall–Kier alpha value is -3.36. The highest BCUT2D eigenvalue weighted by Crippen LogP contribution is 2.28. The molecule has 7 nitrogen and oxygen atoms in total. The van der Waals surface area contributed by atoms with Crippen LogP contribution in [0.25, 0.3) is 0 Å². The number of halogens is 1. The van der Waals surface area contributed by atoms with Gasteiger partial charge in [-0.3, -0.25) is 13.9 Å². The van der Waals surface area contributed by atoms with Crippen LogP contribution < -0.4 is 9.62 Å². The molecule has 0 heterocycles. The van der Waals surface area contributed by atoms with Crippen LogP contribution in [0.15, 0.2) is 83.8 Å². The minimum atomic E-state index is -4.11. The lowest BCUT2D eigenvalue weighted by atomic mass is 10.1. The molecule has 0 saturated heterocycles. The van der Waals surface area contributed by atoms with E-state index in [1.165, 1.54) is 17.0 Å². The minimum absolute atomic E-state index is 0.0551. The normalized spacial score (nSPS) is 12.8. The van der Waals surface area contributed by atoms with Crippen LogP contribution in [-0.4, -0.2) is 43.8 Å². The standard InChI is InChI=1S/C31H38ClN3O4S/c1-5-23(4)33-31(37)28(7-3)34(21-25-16-11-13-19-27(25)32)30(36)22-35(29-20-14-12-15-24(29)6-2)40(38,39)26-17-9-8-10-18-26/h8-20,23,28H,5-7,21-22H2,1-4H3,(H,33,37)/t23-,28+/m1/s1. The van der Waals surface area contributed by atoms with Gasteiger partial charge in [-0.05, 0) is 61.6 Å². The van der Waals surface area contributed by atoms with E-state index in [2.05, 4.69) is 5.32 Å². The van der Waals surface area contributed by atoms with Crippen molar-refractivity contribution in [3.63, 3.8) is 0 Å². The van der Waals surface area contributed by atoms with Gasteiger partial charge in [0.1, 0.15) is 12.6 Å². The maximum atomic E-state index is 14.2. The second-order valence-corrected chi connectivity index (χ2v) is 11.9. The smallest absolute Gasteiger partial charge is 0.264 e. The molecule has 3 rings (SSSR count). The predicted molar refractivity (Wildman–Crippen MR) is 161 cm³/mol. The number of carbonyl (C=O) groups is 2. The molecule has 2 atom stereocenters. The first-order chi connectivity index (χ1) is 19.1. The van der Waals surface area contributed by atoms with Gasteiger partial charge in [0.2, 0.25) is 11.8 Å². The average Bonchev–Trinajstić information content (AvgIpc) is 2.96. The van der Waals surface area contributed by atoms with Gasteiger partial charge in [-0.1, -0.05) is 87.0 Å². The highest BCUT2D eigenvalue weighted by atomic mass is 35.5. The zero-order valence-electron chi connectivity index (χ0n) is 23.5. The van der Waals surface area contributed by atoms with Crippen LogP contribution >= 0.6 is 11.6 Å². The molecule has 0 aliphatic heterocycles. The van der Waals surface area contributed by atoms with Crippen LogP contribution in [0, 0.1) is 0 Å². The quantitative estimate of drug-likeness (QED) is 0.275. The summed E-state index contributed by atoms with van der Waals surface area (Å²) < 4.78 is 29.1. The van der Waals surface area contributed by atoms with Gasteiger partial charge in [0, 0.05) is 17.6 Å². The molecular weight excluding hydrogens is 546 g/mol. The Labute approximate surface area is 243 Å². The van der Waals surface area contributed by atoms with Crippen molar-refractivity contribution in [2.45, 2.75) is 70.5 Å². The van der Waals surface area contributed by atoms with E-state index < -0.39 is 28.5 Å². The summed E-state index contributed by atoms with van der Waals surface area (Å²) in [5.74, 6) is -0.792. The largest absolute Gasteiger partial charge is 0.352 e. The van der Waals surface area contributed by atoms with Crippen LogP contribution in [0.5, 0.6) is 0 Å². The molecule has 214 valence electrons. The number of hydrogen-bond acceptors (Lipinski definition) is 4. The molecule has 0 radical (unpaired) electrons. The van der Waals surface area contributed by atoms with E-state index in [-0.39, 0.29) is 23.4 Å². The number of benzene rings is 3. The lowest BCUT2D eigenvalue weighted by molar-refractivity contribution is -0.140. The molecule has 3 aromatic carbocycles. The first-order valence-electron chi connectivity index (χ1n) is 13.6. The van der Waals surface area contributed by atoms with Crippen molar-refractivity contribution in [2.75, 3.05) is 10.8 Å². The Balaban J connectivity index is 2.10. The minimum Gasteiger partial charge on any atom is -0.352 e. The molecule has 1 N–H and O–H groups in total. The molecule has 0 unspecified atom stereocenters. The first kappa shape index (κ1) is 31.2. The van der Waals surface area contributed by atoms with Crippen molar-refractivity contribution in [2.24, 2.45) is 0 Å². The average molecular weight is 584 g/mol. The van der Waals surface area contributed by atoms with Crippen molar-refractivity contribution >= 4 is 39.1 Å². The summed E-state index contributed by atoms with van der Waals surface area (Å²) in [5.41, 5.74) is 1.88. The number of nitrogens with zero attached hydrogens (tertiary/aromatic N) is 2. The van der Waals surface area contributed by atoms with E-state index in [1.54, 1.807) is 48.5 Å². The number of sulfonamides is 1. The first-order valence-corrected chi connectivity index (χ1v) is 15.4. The van der Waals surface area contributed by atoms with Crippen molar-refractivity contribution in [3.05, 3.63) is 95.0 Å². The van der Waals surface area contributed by atoms with Crippen LogP contribution in [0.1, 0.15) is 51.7 Å². The molecule has 2 amide bonds. The zero-order valence-corrected chi connectivity index (χ0v) is 25.1. The van der Waals surface area contributed by atoms with Gasteiger partial charge in [-0.2, -0.15) is 0 Å². The van der Waals surface area contributed by atoms with E-state index in [0.29, 0.717) is 29.1 Å². The van der Waals surface area contributed by atoms with E-state index >= 15 is 0 Å². The fourth-order valence-corrected chi connectivity index (χ4v) is 6.13. The van der Waals surface area contributed by atoms with E-state index in [9.17, 15) is 18.0 Å². The number of carbonyl (C=O) groups excluding carboxylic acids is 2. The maximum absolute atomic E-state index is 14.2. The number of amides is 2. The number of rotatable bonds is 13. The van der Waals surface area contributed by atoms with Crippen molar-refractivity contribution in [3.8, 4) is 0 Å². The number of hydrogen-bond donors (Lipinski definition) is 1. The summed E-state index contributed by atoms with van der Waals surface area (Å²) in [4.78, 5) is 29.1. The van der Waals surface area contributed by atoms with E-state index in [0.717, 1.165) is 16.3 Å². The molecule has 0 aliphatic carbocycles. The summed E-state index contributed by atoms with van der Waals surface area (Å²) in [7, 11) is -4.11. The summed E-state index contributed by atoms with van der Waals surface area (Å²) >= 11 is 6.46. The van der Waals surface area contributed by atoms with E-state index in [4.69, 9.17) is 11.6 Å². The second-order valence-electron chi connectivity index (χ2n) is 9.66. The summed E-state index contributed by atoms with van der Waals surface area (Å²) in [6.45, 7) is 7.21. The number of anilines is 1. The third kappa shape index (κ3) is 7.43. The van der Waals surface area contributed by atoms with Gasteiger partial charge in [0.15, 0.2) is 0 Å². The summed E-state index contributed by atoms with van der Waals surface area (Å²) in [5, 5.41) is 3.44. The third-order valence-corrected chi connectivity index (χ3v) is 9.08. The Kier molecular flexibility index (Phi) is 11.2. The molecule has 0 aliphatic rings. The zero-order chi connectivity index (χ0) is 29.3. The fourth-order valence-electron chi connectivity index (χ4n) is 4.46. The third-order valence-electron chi connectivity index (χ3n) is 6.94. The van der Waals surface area contributed by atoms with Gasteiger partial charge in [-0.25, -0.2) is 8.42 Å². The van der Waals surface area contributed by atoms with Gasteiger partial charge in [-0.15, -0.1) is 0 Å². The molecule has 0 saturated carbocycles. The van der Waals surface area contributed by atoms with Crippen LogP contribution in [-0.2, 0) is 32.6 Å². The molecule has 40 heavy (non-hydrogen) atoms. The van der Waals surface area contributed by atoms with Gasteiger partial charge in [0.05, 0.1) is 10.6 Å². The predicted octanol–water partition coefficient (Wildman–Crippen LogP) is 5.82. The lowest BCUT2D eigenvalue weighted by Crippen LogP contribution is -2.53. The Morgan fingerprint density at radius 1 is 0.850 bits per heavy atom. The highest BCUT2D eigenvalue weighted by Gasteiger charge is 2.34. The van der Waals surface area contributed by atoms with E-state index in [1.807, 2.05) is 45.9 Å². The highest BCUT2D eigenvalue weighted by molar-refractivity contribution is 7.92. The Morgan fingerprint density at radius 2 is 1.45 bits per heavy atom. The lowest BCUT2D eigenvalue weighted by Gasteiger charge is -2.34. The van der Waals surface area contributed by atoms with Gasteiger partial charge < -0.3 is 10.2 Å². The second kappa shape index (κ2) is 14.3. The Morgan fingerprint density at radius 3 is 2.05 bits per heavy atom. The van der Waals surface area contributed by atoms with Crippen LogP contribution in [0.2, 0.25) is 5.02 Å². The summed E-state index contributed by atoms with van der Waals surface area (Å²) in [6.07, 6.45) is 1.65. The molecule has 0 spiro atoms. The molecule has 3 aromatic rings. The molecule has 0 fully saturated rings. The number of para-hydroxylation sites is 1. The topological polar surface area (TPSA) is 86.8 Å². The fraction of sp³-hybridized carbons (Fsp3) is 0.355. The molecular formula is C31H38ClN3O4S. The van der Waals surface area contributed by atoms with Crippen molar-refractivity contribution in [1.29, 1.82) is 0 Å².